The maximum atomic E-state index is 10.1. The lowest BCUT2D eigenvalue weighted by Crippen LogP contribution is -2.27. The Balaban J connectivity index is 1.87. The average molecular weight is 303 g/mol. The highest BCUT2D eigenvalue weighted by Crippen LogP contribution is 2.21. The fourth-order valence-electron chi connectivity index (χ4n) is 2.32. The SMILES string of the molecule is CC(CC(O)c1ccco1)NCc1ccccc1OC(C)C. The summed E-state index contributed by atoms with van der Waals surface area (Å²) in [6, 6.07) is 11.8. The van der Waals surface area contributed by atoms with Crippen LogP contribution in [0.25, 0.3) is 0 Å². The van der Waals surface area contributed by atoms with E-state index in [-0.39, 0.29) is 12.1 Å². The van der Waals surface area contributed by atoms with E-state index in [0.29, 0.717) is 18.7 Å². The van der Waals surface area contributed by atoms with Crippen LogP contribution in [0, 0.1) is 0 Å². The highest BCUT2D eigenvalue weighted by atomic mass is 16.5. The van der Waals surface area contributed by atoms with Gasteiger partial charge in [-0.1, -0.05) is 18.2 Å². The van der Waals surface area contributed by atoms with E-state index in [9.17, 15) is 5.11 Å². The van der Waals surface area contributed by atoms with Crippen LogP contribution < -0.4 is 10.1 Å². The van der Waals surface area contributed by atoms with E-state index in [1.807, 2.05) is 32.0 Å². The summed E-state index contributed by atoms with van der Waals surface area (Å²) < 4.78 is 11.0. The van der Waals surface area contributed by atoms with Gasteiger partial charge in [-0.3, -0.25) is 0 Å². The first-order valence-corrected chi connectivity index (χ1v) is 7.75. The second-order valence-electron chi connectivity index (χ2n) is 5.82. The number of ether oxygens (including phenoxy) is 1. The van der Waals surface area contributed by atoms with Gasteiger partial charge in [0.25, 0.3) is 0 Å². The van der Waals surface area contributed by atoms with Gasteiger partial charge in [0.2, 0.25) is 0 Å². The number of nitrogens with one attached hydrogen (secondary N) is 1. The van der Waals surface area contributed by atoms with Crippen LogP contribution in [0.4, 0.5) is 0 Å². The molecule has 22 heavy (non-hydrogen) atoms. The number of rotatable bonds is 8. The minimum atomic E-state index is -0.584. The molecular formula is C18H25NO3. The van der Waals surface area contributed by atoms with Crippen LogP contribution in [-0.4, -0.2) is 17.3 Å². The minimum Gasteiger partial charge on any atom is -0.491 e. The largest absolute Gasteiger partial charge is 0.491 e. The van der Waals surface area contributed by atoms with E-state index in [4.69, 9.17) is 9.15 Å². The molecule has 1 aromatic heterocycles. The van der Waals surface area contributed by atoms with Crippen molar-refractivity contribution >= 4 is 0 Å². The van der Waals surface area contributed by atoms with E-state index in [2.05, 4.69) is 18.3 Å². The molecule has 0 aliphatic heterocycles. The van der Waals surface area contributed by atoms with Gasteiger partial charge in [0.05, 0.1) is 12.4 Å². The molecule has 1 heterocycles. The molecule has 1 aromatic carbocycles. The zero-order chi connectivity index (χ0) is 15.9. The summed E-state index contributed by atoms with van der Waals surface area (Å²) in [5, 5.41) is 13.5. The van der Waals surface area contributed by atoms with E-state index in [1.54, 1.807) is 18.4 Å². The summed E-state index contributed by atoms with van der Waals surface area (Å²) in [6.45, 7) is 6.80. The molecule has 0 saturated carbocycles. The van der Waals surface area contributed by atoms with Gasteiger partial charge in [-0.25, -0.2) is 0 Å². The van der Waals surface area contributed by atoms with Crippen LogP contribution in [0.5, 0.6) is 5.75 Å². The Morgan fingerprint density at radius 3 is 2.59 bits per heavy atom. The topological polar surface area (TPSA) is 54.6 Å². The maximum Gasteiger partial charge on any atom is 0.132 e. The van der Waals surface area contributed by atoms with E-state index in [0.717, 1.165) is 11.3 Å². The van der Waals surface area contributed by atoms with Gasteiger partial charge >= 0.3 is 0 Å². The molecule has 2 unspecified atom stereocenters. The number of para-hydroxylation sites is 1. The second-order valence-corrected chi connectivity index (χ2v) is 5.82. The maximum absolute atomic E-state index is 10.1. The summed E-state index contributed by atoms with van der Waals surface area (Å²) >= 11 is 0. The monoisotopic (exact) mass is 303 g/mol. The summed E-state index contributed by atoms with van der Waals surface area (Å²) in [5.41, 5.74) is 1.12. The second kappa shape index (κ2) is 8.01. The van der Waals surface area contributed by atoms with Crippen molar-refractivity contribution in [2.75, 3.05) is 0 Å². The number of hydrogen-bond acceptors (Lipinski definition) is 4. The van der Waals surface area contributed by atoms with Gasteiger partial charge in [-0.2, -0.15) is 0 Å². The van der Waals surface area contributed by atoms with E-state index < -0.39 is 6.10 Å². The van der Waals surface area contributed by atoms with Crippen molar-refractivity contribution in [1.82, 2.24) is 5.32 Å². The van der Waals surface area contributed by atoms with Crippen LogP contribution >= 0.6 is 0 Å². The third-order valence-corrected chi connectivity index (χ3v) is 3.42. The molecule has 4 heteroatoms. The molecule has 0 bridgehead atoms. The standard InChI is InChI=1S/C18H25NO3/c1-13(2)22-17-8-5-4-7-15(17)12-19-14(3)11-16(20)18-9-6-10-21-18/h4-10,13-14,16,19-20H,11-12H2,1-3H3. The Morgan fingerprint density at radius 1 is 1.14 bits per heavy atom. The van der Waals surface area contributed by atoms with Crippen molar-refractivity contribution in [2.24, 2.45) is 0 Å². The molecule has 2 N–H and O–H groups in total. The van der Waals surface area contributed by atoms with Gasteiger partial charge in [-0.05, 0) is 45.4 Å². The van der Waals surface area contributed by atoms with E-state index in [1.165, 1.54) is 0 Å². The van der Waals surface area contributed by atoms with Crippen LogP contribution in [0.2, 0.25) is 0 Å². The fourth-order valence-corrected chi connectivity index (χ4v) is 2.32. The molecular weight excluding hydrogens is 278 g/mol. The van der Waals surface area contributed by atoms with Crippen molar-refractivity contribution in [1.29, 1.82) is 0 Å². The smallest absolute Gasteiger partial charge is 0.132 e. The number of benzene rings is 1. The lowest BCUT2D eigenvalue weighted by molar-refractivity contribution is 0.128. The first-order chi connectivity index (χ1) is 10.6. The fraction of sp³-hybridized carbons (Fsp3) is 0.444. The summed E-state index contributed by atoms with van der Waals surface area (Å²) in [5.74, 6) is 1.51. The normalized spacial score (nSPS) is 14.0. The minimum absolute atomic E-state index is 0.152. The first kappa shape index (κ1) is 16.6. The molecule has 2 atom stereocenters. The Kier molecular flexibility index (Phi) is 6.04. The third kappa shape index (κ3) is 4.90. The molecule has 0 fully saturated rings. The highest BCUT2D eigenvalue weighted by Gasteiger charge is 2.15. The van der Waals surface area contributed by atoms with Crippen molar-refractivity contribution in [3.8, 4) is 5.75 Å². The molecule has 0 aliphatic carbocycles. The molecule has 4 nitrogen and oxygen atoms in total. The van der Waals surface area contributed by atoms with Crippen LogP contribution in [-0.2, 0) is 6.54 Å². The van der Waals surface area contributed by atoms with Crippen LogP contribution in [0.3, 0.4) is 0 Å². The van der Waals surface area contributed by atoms with Gasteiger partial charge in [0.15, 0.2) is 0 Å². The van der Waals surface area contributed by atoms with Crippen molar-refractivity contribution in [3.63, 3.8) is 0 Å². The van der Waals surface area contributed by atoms with Gasteiger partial charge in [-0.15, -0.1) is 0 Å². The first-order valence-electron chi connectivity index (χ1n) is 7.75. The summed E-state index contributed by atoms with van der Waals surface area (Å²) in [6.07, 6.45) is 1.75. The summed E-state index contributed by atoms with van der Waals surface area (Å²) in [4.78, 5) is 0. The molecule has 0 spiro atoms. The molecule has 0 saturated heterocycles. The molecule has 0 amide bonds. The lowest BCUT2D eigenvalue weighted by Gasteiger charge is -2.19. The number of aliphatic hydroxyl groups excluding tert-OH is 1. The number of hydrogen-bond donors (Lipinski definition) is 2. The van der Waals surface area contributed by atoms with Gasteiger partial charge in [0.1, 0.15) is 17.6 Å². The zero-order valence-corrected chi connectivity index (χ0v) is 13.5. The molecule has 120 valence electrons. The van der Waals surface area contributed by atoms with Crippen molar-refractivity contribution in [2.45, 2.75) is 52.0 Å². The zero-order valence-electron chi connectivity index (χ0n) is 13.5. The molecule has 2 rings (SSSR count). The van der Waals surface area contributed by atoms with E-state index >= 15 is 0 Å². The van der Waals surface area contributed by atoms with Crippen molar-refractivity contribution in [3.05, 3.63) is 54.0 Å². The third-order valence-electron chi connectivity index (χ3n) is 3.42. The lowest BCUT2D eigenvalue weighted by atomic mass is 10.1. The van der Waals surface area contributed by atoms with Crippen LogP contribution in [0.15, 0.2) is 47.1 Å². The van der Waals surface area contributed by atoms with Gasteiger partial charge < -0.3 is 19.6 Å². The summed E-state index contributed by atoms with van der Waals surface area (Å²) in [7, 11) is 0. The highest BCUT2D eigenvalue weighted by molar-refractivity contribution is 5.33. The molecule has 0 radical (unpaired) electrons. The van der Waals surface area contributed by atoms with Gasteiger partial charge in [0, 0.05) is 18.2 Å². The Hall–Kier alpha value is -1.78. The average Bonchev–Trinajstić information content (AvgIpc) is 3.00. The van der Waals surface area contributed by atoms with Crippen LogP contribution in [0.1, 0.15) is 44.6 Å². The Bertz CT molecular complexity index is 551. The molecule has 0 aliphatic rings. The molecule has 2 aromatic rings. The quantitative estimate of drug-likeness (QED) is 0.781. The predicted octanol–water partition coefficient (Wildman–Crippen LogP) is 3.67. The predicted molar refractivity (Wildman–Crippen MR) is 86.8 cm³/mol. The van der Waals surface area contributed by atoms with Crippen molar-refractivity contribution < 1.29 is 14.3 Å². The Morgan fingerprint density at radius 2 is 1.91 bits per heavy atom. The number of aliphatic hydroxyl groups is 1. The Labute approximate surface area is 132 Å². The number of furan rings is 1.